The van der Waals surface area contributed by atoms with Crippen molar-refractivity contribution < 1.29 is 47.8 Å². The number of ether oxygens (including phenoxy) is 2. The molecule has 0 spiro atoms. The second kappa shape index (κ2) is 24.8. The molecule has 20 heteroatoms. The first-order valence-electron chi connectivity index (χ1n) is 29.9. The van der Waals surface area contributed by atoms with E-state index in [2.05, 4.69) is 42.5 Å². The van der Waals surface area contributed by atoms with Crippen LogP contribution in [0.4, 0.5) is 0 Å². The number of carbonyl (C=O) groups is 8. The molecule has 13 atom stereocenters. The monoisotopic (exact) mass is 1100 g/mol. The van der Waals surface area contributed by atoms with E-state index in [0.717, 1.165) is 75.3 Å². The molecule has 4 heterocycles. The smallest absolute Gasteiger partial charge is 0.246 e. The van der Waals surface area contributed by atoms with E-state index >= 15 is 9.59 Å². The molecule has 4 aliphatic carbocycles. The maximum atomic E-state index is 15.0. The molecular weight excluding hydrogens is 1020 g/mol. The third-order valence-electron chi connectivity index (χ3n) is 19.3. The van der Waals surface area contributed by atoms with Gasteiger partial charge in [-0.05, 0) is 116 Å². The molecule has 0 aromatic heterocycles. The summed E-state index contributed by atoms with van der Waals surface area (Å²) in [6.45, 7) is 4.45. The number of carbonyl (C=O) groups excluding carboxylic acids is 8. The Bertz CT molecular complexity index is 2640. The molecule has 4 unspecified atom stereocenters. The lowest BCUT2D eigenvalue weighted by molar-refractivity contribution is -0.143. The zero-order valence-corrected chi connectivity index (χ0v) is 47.0. The minimum atomic E-state index is -0.927. The van der Waals surface area contributed by atoms with Gasteiger partial charge in [-0.1, -0.05) is 74.9 Å². The molecule has 4 aliphatic heterocycles. The lowest BCUT2D eigenvalue weighted by Gasteiger charge is -2.35. The van der Waals surface area contributed by atoms with E-state index in [0.29, 0.717) is 56.8 Å². The lowest BCUT2D eigenvalue weighted by atomic mass is 9.83. The normalized spacial score (nSPS) is 29.6. The highest BCUT2D eigenvalue weighted by atomic mass is 16.5. The van der Waals surface area contributed by atoms with Gasteiger partial charge >= 0.3 is 0 Å². The molecule has 2 aromatic rings. The fraction of sp³-hybridized carbons (Fsp3) is 0.667. The number of hydrogen-bond donors (Lipinski definition) is 8. The van der Waals surface area contributed by atoms with E-state index in [4.69, 9.17) is 9.47 Å². The number of rotatable bonds is 18. The molecule has 0 radical (unpaired) electrons. The fourth-order valence-electron chi connectivity index (χ4n) is 14.3. The number of para-hydroxylation sites is 2. The summed E-state index contributed by atoms with van der Waals surface area (Å²) in [7, 11) is 3.38. The number of likely N-dealkylation sites (tertiary alicyclic amines) is 2. The van der Waals surface area contributed by atoms with Crippen molar-refractivity contribution in [3.63, 3.8) is 0 Å². The third-order valence-corrected chi connectivity index (χ3v) is 19.3. The summed E-state index contributed by atoms with van der Waals surface area (Å²) >= 11 is 0. The van der Waals surface area contributed by atoms with Crippen LogP contribution in [0.1, 0.15) is 146 Å². The van der Waals surface area contributed by atoms with Crippen molar-refractivity contribution in [3.05, 3.63) is 59.7 Å². The Morgan fingerprint density at radius 1 is 0.550 bits per heavy atom. The van der Waals surface area contributed by atoms with Crippen LogP contribution in [0.5, 0.6) is 11.5 Å². The second-order valence-electron chi connectivity index (χ2n) is 24.2. The van der Waals surface area contributed by atoms with Gasteiger partial charge < -0.3 is 61.8 Å². The van der Waals surface area contributed by atoms with Crippen molar-refractivity contribution in [2.75, 3.05) is 40.4 Å². The second-order valence-corrected chi connectivity index (χ2v) is 24.2. The molecule has 8 N–H and O–H groups in total. The van der Waals surface area contributed by atoms with Crippen molar-refractivity contribution >= 4 is 47.3 Å². The Morgan fingerprint density at radius 2 is 1.00 bits per heavy atom. The number of benzene rings is 2. The number of hydrogen-bond acceptors (Lipinski definition) is 12. The van der Waals surface area contributed by atoms with E-state index in [1.807, 2.05) is 48.5 Å². The van der Waals surface area contributed by atoms with Gasteiger partial charge in [0.15, 0.2) is 0 Å². The van der Waals surface area contributed by atoms with Crippen LogP contribution in [0.15, 0.2) is 48.5 Å². The standard InChI is InChI=1S/C60H84N10O10/c1-34(61-3)52(71)67-50(36-15-7-5-8-16-36)57(76)69-32-38(29-46(69)55(74)65-44-24-27-79-48-21-13-11-19-41(44)48)63-54(73)40-23-26-60(31-43(40)60)59(78)64-39-30-47(56(75)66-45-25-28-80-49-22-14-12-20-42(45)49)70(33-39)58(77)51(37-17-9-6-10-18-37)68-53(72)35(2)62-4/h11-14,19-22,34-40,43-47,50-51,61-62H,5-10,15-18,23-33H2,1-4H3,(H,63,73)(H,64,78)(H,65,74)(H,66,75)(H,67,71)(H,68,72)/t34-,35-,38-,39?,40?,43?,44+,45+,46-,47-,50-,51-,60?/m0/s1. The van der Waals surface area contributed by atoms with Gasteiger partial charge in [-0.2, -0.15) is 0 Å². The highest BCUT2D eigenvalue weighted by Crippen LogP contribution is 2.66. The fourth-order valence-corrected chi connectivity index (χ4v) is 14.3. The predicted molar refractivity (Wildman–Crippen MR) is 296 cm³/mol. The molecule has 10 rings (SSSR count). The van der Waals surface area contributed by atoms with E-state index in [1.165, 1.54) is 0 Å². The Hall–Kier alpha value is -6.28. The first-order chi connectivity index (χ1) is 38.7. The van der Waals surface area contributed by atoms with Crippen LogP contribution >= 0.6 is 0 Å². The number of likely N-dealkylation sites (N-methyl/N-ethyl adjacent to an activating group) is 2. The molecule has 80 heavy (non-hydrogen) atoms. The van der Waals surface area contributed by atoms with Gasteiger partial charge in [0.1, 0.15) is 35.7 Å². The number of amides is 8. The molecule has 8 aliphatic rings. The van der Waals surface area contributed by atoms with Gasteiger partial charge in [0.2, 0.25) is 47.3 Å². The van der Waals surface area contributed by atoms with Crippen LogP contribution in [0.3, 0.4) is 0 Å². The van der Waals surface area contributed by atoms with Gasteiger partial charge in [0, 0.05) is 55.1 Å². The van der Waals surface area contributed by atoms with Crippen LogP contribution in [-0.2, 0) is 38.4 Å². The number of nitrogens with zero attached hydrogens (tertiary/aromatic N) is 2. The molecule has 8 amide bonds. The molecular formula is C60H84N10O10. The zero-order valence-electron chi connectivity index (χ0n) is 47.0. The van der Waals surface area contributed by atoms with Crippen LogP contribution in [0.2, 0.25) is 0 Å². The third kappa shape index (κ3) is 12.0. The van der Waals surface area contributed by atoms with Gasteiger partial charge in [-0.3, -0.25) is 38.4 Å². The van der Waals surface area contributed by atoms with Gasteiger partial charge in [0.05, 0.1) is 42.8 Å². The number of fused-ring (bicyclic) bond motifs is 3. The van der Waals surface area contributed by atoms with E-state index in [9.17, 15) is 28.8 Å². The summed E-state index contributed by atoms with van der Waals surface area (Å²) in [6.07, 6.45) is 11.8. The van der Waals surface area contributed by atoms with E-state index < -0.39 is 59.7 Å². The van der Waals surface area contributed by atoms with Crippen molar-refractivity contribution in [1.82, 2.24) is 52.3 Å². The first-order valence-corrected chi connectivity index (χ1v) is 29.9. The topological polar surface area (TPSA) is 258 Å². The van der Waals surface area contributed by atoms with Crippen LogP contribution in [0.25, 0.3) is 0 Å². The van der Waals surface area contributed by atoms with Gasteiger partial charge in [-0.15, -0.1) is 0 Å². The predicted octanol–water partition coefficient (Wildman–Crippen LogP) is 3.20. The van der Waals surface area contributed by atoms with Crippen LogP contribution in [-0.4, -0.2) is 146 Å². The van der Waals surface area contributed by atoms with Crippen molar-refractivity contribution in [3.8, 4) is 11.5 Å². The Labute approximate surface area is 469 Å². The maximum Gasteiger partial charge on any atom is 0.246 e. The van der Waals surface area contributed by atoms with Crippen molar-refractivity contribution in [2.45, 2.75) is 183 Å². The minimum Gasteiger partial charge on any atom is -0.493 e. The molecule has 2 saturated heterocycles. The quantitative estimate of drug-likeness (QED) is 0.107. The maximum absolute atomic E-state index is 15.0. The summed E-state index contributed by atoms with van der Waals surface area (Å²) in [5, 5.41) is 25.0. The average Bonchev–Trinajstić information content (AvgIpc) is 3.78. The summed E-state index contributed by atoms with van der Waals surface area (Å²) in [5.74, 6) is -1.97. The summed E-state index contributed by atoms with van der Waals surface area (Å²) in [5.41, 5.74) is 0.898. The largest absolute Gasteiger partial charge is 0.493 e. The Kier molecular flexibility index (Phi) is 17.7. The van der Waals surface area contributed by atoms with Gasteiger partial charge in [0.25, 0.3) is 0 Å². The molecule has 434 valence electrons. The highest BCUT2D eigenvalue weighted by Gasteiger charge is 2.68. The first kappa shape index (κ1) is 57.0. The van der Waals surface area contributed by atoms with Crippen molar-refractivity contribution in [2.24, 2.45) is 29.1 Å². The summed E-state index contributed by atoms with van der Waals surface area (Å²) in [6, 6.07) is 8.66. The van der Waals surface area contributed by atoms with Gasteiger partial charge in [-0.25, -0.2) is 0 Å². The lowest BCUT2D eigenvalue weighted by Crippen LogP contribution is -2.58. The highest BCUT2D eigenvalue weighted by molar-refractivity contribution is 5.96. The minimum absolute atomic E-state index is 0.0726. The van der Waals surface area contributed by atoms with Crippen molar-refractivity contribution in [1.29, 1.82) is 0 Å². The molecule has 2 aromatic carbocycles. The average molecular weight is 1110 g/mol. The zero-order chi connectivity index (χ0) is 56.2. The molecule has 20 nitrogen and oxygen atoms in total. The van der Waals surface area contributed by atoms with Crippen LogP contribution in [0, 0.1) is 29.1 Å². The van der Waals surface area contributed by atoms with E-state index in [1.54, 1.807) is 37.7 Å². The molecule has 4 saturated carbocycles. The Balaban J connectivity index is 0.833. The summed E-state index contributed by atoms with van der Waals surface area (Å²) in [4.78, 5) is 118. The van der Waals surface area contributed by atoms with Crippen LogP contribution < -0.4 is 52.0 Å². The van der Waals surface area contributed by atoms with E-state index in [-0.39, 0.29) is 103 Å². The SMILES string of the molecule is CN[C@@H](C)C(=O)N[C@H](C(=O)N1CC(NC(=O)C23CCC(C(=O)N[C@H]4C[C@@H](C(=O)N[C@@H]5CCOc6ccccc65)N(C(=O)[C@@H](NC(=O)[C@H](C)NC)C5CCCCC5)C4)C2C3)C[C@H]1C(=O)N[C@@H]1CCOc2ccccc21)C1CCCCC1. The summed E-state index contributed by atoms with van der Waals surface area (Å²) < 4.78 is 11.8. The molecule has 0 bridgehead atoms. The molecule has 6 fully saturated rings. The Morgan fingerprint density at radius 3 is 1.45 bits per heavy atom. The number of nitrogens with one attached hydrogen (secondary N) is 8.